The first kappa shape index (κ1) is 24.2. The van der Waals surface area contributed by atoms with Crippen LogP contribution in [0.2, 0.25) is 0 Å². The Hall–Kier alpha value is -3.98. The van der Waals surface area contributed by atoms with Gasteiger partial charge in [0.2, 0.25) is 11.8 Å². The maximum Gasteiger partial charge on any atom is 0.266 e. The quantitative estimate of drug-likeness (QED) is 0.313. The van der Waals surface area contributed by atoms with Gasteiger partial charge < -0.3 is 10.2 Å². The second kappa shape index (κ2) is 10.5. The summed E-state index contributed by atoms with van der Waals surface area (Å²) in [6.45, 7) is 1.79. The summed E-state index contributed by atoms with van der Waals surface area (Å²) in [7, 11) is 1.52. The molecular weight excluding hydrogens is 467 g/mol. The molecule has 3 aromatic carbocycles. The molecule has 4 rings (SSSR count). The fourth-order valence-electron chi connectivity index (χ4n) is 3.40. The van der Waals surface area contributed by atoms with Crippen molar-refractivity contribution in [2.45, 2.75) is 12.1 Å². The van der Waals surface area contributed by atoms with Crippen LogP contribution in [0.15, 0.2) is 82.7 Å². The number of benzene rings is 3. The number of nitrogens with zero attached hydrogens (tertiary/aromatic N) is 3. The lowest BCUT2D eigenvalue weighted by Gasteiger charge is -2.18. The lowest BCUT2D eigenvalue weighted by molar-refractivity contribution is -0.131. The highest BCUT2D eigenvalue weighted by Crippen LogP contribution is 2.22. The fraction of sp³-hybridized carbons (Fsp3) is 0.154. The summed E-state index contributed by atoms with van der Waals surface area (Å²) in [5.41, 5.74) is 2.47. The molecule has 178 valence electrons. The van der Waals surface area contributed by atoms with Gasteiger partial charge in [0.15, 0.2) is 5.16 Å². The van der Waals surface area contributed by atoms with E-state index >= 15 is 0 Å². The summed E-state index contributed by atoms with van der Waals surface area (Å²) in [5, 5.41) is 3.50. The summed E-state index contributed by atoms with van der Waals surface area (Å²) in [6, 6.07) is 19.9. The number of thioether (sulfide) groups is 1. The molecule has 7 nitrogen and oxygen atoms in total. The second-order valence-corrected chi connectivity index (χ2v) is 8.92. The van der Waals surface area contributed by atoms with Crippen molar-refractivity contribution in [2.24, 2.45) is 0 Å². The van der Waals surface area contributed by atoms with Crippen LogP contribution in [0.25, 0.3) is 16.6 Å². The Morgan fingerprint density at radius 1 is 1.03 bits per heavy atom. The van der Waals surface area contributed by atoms with E-state index in [4.69, 9.17) is 0 Å². The number of hydrogen-bond donors (Lipinski definition) is 1. The van der Waals surface area contributed by atoms with Crippen molar-refractivity contribution in [2.75, 3.05) is 24.7 Å². The van der Waals surface area contributed by atoms with Gasteiger partial charge in [-0.1, -0.05) is 41.6 Å². The zero-order valence-electron chi connectivity index (χ0n) is 19.2. The van der Waals surface area contributed by atoms with Gasteiger partial charge in [-0.3, -0.25) is 19.0 Å². The monoisotopic (exact) mass is 490 g/mol. The van der Waals surface area contributed by atoms with E-state index in [0.29, 0.717) is 27.4 Å². The van der Waals surface area contributed by atoms with Gasteiger partial charge in [0, 0.05) is 12.7 Å². The number of aromatic nitrogens is 2. The van der Waals surface area contributed by atoms with Gasteiger partial charge in [-0.25, -0.2) is 9.37 Å². The first-order valence-corrected chi connectivity index (χ1v) is 11.8. The van der Waals surface area contributed by atoms with Crippen LogP contribution in [0.1, 0.15) is 5.56 Å². The number of fused-ring (bicyclic) bond motifs is 1. The molecule has 2 amide bonds. The maximum atomic E-state index is 13.3. The van der Waals surface area contributed by atoms with E-state index in [1.54, 1.807) is 24.3 Å². The number of rotatable bonds is 7. The number of aryl methyl sites for hydroxylation is 1. The number of carbonyl (C=O) groups is 2. The molecular formula is C26H23FN4O3S. The Kier molecular flexibility index (Phi) is 7.26. The minimum Gasteiger partial charge on any atom is -0.336 e. The summed E-state index contributed by atoms with van der Waals surface area (Å²) < 4.78 is 14.5. The minimum absolute atomic E-state index is 0.0169. The first-order valence-electron chi connectivity index (χ1n) is 10.8. The largest absolute Gasteiger partial charge is 0.336 e. The predicted molar refractivity (Wildman–Crippen MR) is 135 cm³/mol. The van der Waals surface area contributed by atoms with E-state index in [2.05, 4.69) is 10.3 Å². The Labute approximate surface area is 205 Å². The molecule has 0 aliphatic carbocycles. The Morgan fingerprint density at radius 3 is 2.43 bits per heavy atom. The molecule has 0 fully saturated rings. The van der Waals surface area contributed by atoms with Crippen molar-refractivity contribution in [3.63, 3.8) is 0 Å². The van der Waals surface area contributed by atoms with Gasteiger partial charge in [-0.15, -0.1) is 0 Å². The SMILES string of the molecule is Cc1ccc(-n2c(SCC(=O)N(C)CC(=O)Nc3ccc(F)cc3)nc3ccccc3c2=O)cc1. The van der Waals surface area contributed by atoms with Crippen molar-refractivity contribution < 1.29 is 14.0 Å². The molecule has 1 N–H and O–H groups in total. The number of likely N-dealkylation sites (N-methyl/N-ethyl adjacent to an activating group) is 1. The van der Waals surface area contributed by atoms with Gasteiger partial charge in [0.1, 0.15) is 5.82 Å². The van der Waals surface area contributed by atoms with Crippen LogP contribution in [-0.4, -0.2) is 45.6 Å². The van der Waals surface area contributed by atoms with E-state index < -0.39 is 11.7 Å². The lowest BCUT2D eigenvalue weighted by atomic mass is 10.2. The van der Waals surface area contributed by atoms with E-state index in [-0.39, 0.29) is 23.8 Å². The molecule has 1 aromatic heterocycles. The third kappa shape index (κ3) is 5.75. The molecule has 35 heavy (non-hydrogen) atoms. The van der Waals surface area contributed by atoms with Gasteiger partial charge in [-0.2, -0.15) is 0 Å². The van der Waals surface area contributed by atoms with Crippen molar-refractivity contribution in [1.82, 2.24) is 14.5 Å². The molecule has 0 radical (unpaired) electrons. The zero-order valence-corrected chi connectivity index (χ0v) is 20.0. The van der Waals surface area contributed by atoms with Crippen LogP contribution < -0.4 is 10.9 Å². The van der Waals surface area contributed by atoms with Crippen molar-refractivity contribution in [3.05, 3.63) is 94.5 Å². The molecule has 0 unspecified atom stereocenters. The van der Waals surface area contributed by atoms with E-state index in [0.717, 1.165) is 17.3 Å². The third-order valence-electron chi connectivity index (χ3n) is 5.30. The first-order chi connectivity index (χ1) is 16.8. The molecule has 0 atom stereocenters. The van der Waals surface area contributed by atoms with Crippen LogP contribution in [0.3, 0.4) is 0 Å². The van der Waals surface area contributed by atoms with Crippen LogP contribution >= 0.6 is 11.8 Å². The van der Waals surface area contributed by atoms with Crippen LogP contribution in [0.4, 0.5) is 10.1 Å². The number of halogens is 1. The van der Waals surface area contributed by atoms with Gasteiger partial charge in [0.25, 0.3) is 5.56 Å². The molecule has 4 aromatic rings. The average Bonchev–Trinajstić information content (AvgIpc) is 2.85. The van der Waals surface area contributed by atoms with Crippen LogP contribution in [0.5, 0.6) is 0 Å². The molecule has 0 spiro atoms. The highest BCUT2D eigenvalue weighted by Gasteiger charge is 2.18. The molecule has 1 heterocycles. The standard InChI is InChI=1S/C26H23FN4O3S/c1-17-7-13-20(14-8-17)31-25(34)21-5-3-4-6-22(21)29-26(31)35-16-24(33)30(2)15-23(32)28-19-11-9-18(27)10-12-19/h3-14H,15-16H2,1-2H3,(H,28,32). The number of carbonyl (C=O) groups excluding carboxylic acids is 2. The molecule has 9 heteroatoms. The summed E-state index contributed by atoms with van der Waals surface area (Å²) in [6.07, 6.45) is 0. The number of para-hydroxylation sites is 1. The minimum atomic E-state index is -0.405. The predicted octanol–water partition coefficient (Wildman–Crippen LogP) is 4.02. The highest BCUT2D eigenvalue weighted by atomic mass is 32.2. The average molecular weight is 491 g/mol. The van der Waals surface area contributed by atoms with Crippen LogP contribution in [-0.2, 0) is 9.59 Å². The fourth-order valence-corrected chi connectivity index (χ4v) is 4.36. The zero-order chi connectivity index (χ0) is 24.9. The highest BCUT2D eigenvalue weighted by molar-refractivity contribution is 7.99. The van der Waals surface area contributed by atoms with Crippen LogP contribution in [0, 0.1) is 12.7 Å². The topological polar surface area (TPSA) is 84.3 Å². The van der Waals surface area contributed by atoms with Gasteiger partial charge in [0.05, 0.1) is 28.9 Å². The molecule has 0 aliphatic heterocycles. The molecule has 0 aliphatic rings. The Balaban J connectivity index is 1.50. The smallest absolute Gasteiger partial charge is 0.266 e. The summed E-state index contributed by atoms with van der Waals surface area (Å²) in [4.78, 5) is 44.3. The molecule has 0 bridgehead atoms. The van der Waals surface area contributed by atoms with Crippen molar-refractivity contribution in [3.8, 4) is 5.69 Å². The summed E-state index contributed by atoms with van der Waals surface area (Å²) >= 11 is 1.13. The number of hydrogen-bond acceptors (Lipinski definition) is 5. The van der Waals surface area contributed by atoms with Crippen molar-refractivity contribution >= 4 is 40.2 Å². The maximum absolute atomic E-state index is 13.3. The van der Waals surface area contributed by atoms with Gasteiger partial charge in [-0.05, 0) is 55.5 Å². The Bertz CT molecular complexity index is 1440. The van der Waals surface area contributed by atoms with Gasteiger partial charge >= 0.3 is 0 Å². The lowest BCUT2D eigenvalue weighted by Crippen LogP contribution is -2.36. The van der Waals surface area contributed by atoms with Crippen molar-refractivity contribution in [1.29, 1.82) is 0 Å². The number of amides is 2. The second-order valence-electron chi connectivity index (χ2n) is 7.98. The molecule has 0 saturated heterocycles. The Morgan fingerprint density at radius 2 is 1.71 bits per heavy atom. The molecule has 0 saturated carbocycles. The number of anilines is 1. The number of nitrogens with one attached hydrogen (secondary N) is 1. The third-order valence-corrected chi connectivity index (χ3v) is 6.22. The van der Waals surface area contributed by atoms with E-state index in [1.807, 2.05) is 31.2 Å². The normalized spacial score (nSPS) is 10.8. The van der Waals surface area contributed by atoms with E-state index in [1.165, 1.54) is 40.8 Å². The van der Waals surface area contributed by atoms with E-state index in [9.17, 15) is 18.8 Å². The summed E-state index contributed by atoms with van der Waals surface area (Å²) in [5.74, 6) is -1.13.